The number of carbonyl (C=O) groups excluding carboxylic acids is 1. The van der Waals surface area contributed by atoms with Crippen LogP contribution in [0.1, 0.15) is 12.8 Å². The molecular weight excluding hydrogens is 591 g/mol. The molecule has 2 aliphatic rings. The van der Waals surface area contributed by atoms with Gasteiger partial charge in [0.15, 0.2) is 16.8 Å². The van der Waals surface area contributed by atoms with Crippen molar-refractivity contribution in [1.82, 2.24) is 24.8 Å². The summed E-state index contributed by atoms with van der Waals surface area (Å²) in [4.78, 5) is 30.8. The molecule has 0 saturated carbocycles. The van der Waals surface area contributed by atoms with Gasteiger partial charge in [-0.15, -0.1) is 0 Å². The zero-order valence-corrected chi connectivity index (χ0v) is 24.2. The molecule has 1 unspecified atom stereocenters. The second kappa shape index (κ2) is 11.2. The lowest BCUT2D eigenvalue weighted by Crippen LogP contribution is -2.49. The molecule has 0 radical (unpaired) electrons. The number of aromatic nitrogens is 3. The van der Waals surface area contributed by atoms with Crippen molar-refractivity contribution in [1.29, 1.82) is 0 Å². The highest BCUT2D eigenvalue weighted by atomic mass is 35.5. The number of piperazine rings is 1. The summed E-state index contributed by atoms with van der Waals surface area (Å²) in [7, 11) is 2.02. The average molecular weight is 618 g/mol. The number of rotatable bonds is 6. The van der Waals surface area contributed by atoms with E-state index in [4.69, 9.17) is 22.1 Å². The van der Waals surface area contributed by atoms with Gasteiger partial charge >= 0.3 is 6.01 Å². The second-order valence-electron chi connectivity index (χ2n) is 10.4. The van der Waals surface area contributed by atoms with E-state index in [-0.39, 0.29) is 62.2 Å². The summed E-state index contributed by atoms with van der Waals surface area (Å²) in [6.45, 7) is 5.39. The first-order valence-electron chi connectivity index (χ1n) is 13.4. The number of hydrogen-bond acceptors (Lipinski definition) is 9. The fourth-order valence-corrected chi connectivity index (χ4v) is 6.62. The molecule has 2 N–H and O–H groups in total. The van der Waals surface area contributed by atoms with Gasteiger partial charge in [0.05, 0.1) is 15.2 Å². The van der Waals surface area contributed by atoms with Crippen LogP contribution >= 0.6 is 22.9 Å². The normalized spacial score (nSPS) is 17.9. The number of ether oxygens (including phenoxy) is 1. The van der Waals surface area contributed by atoms with Gasteiger partial charge in [-0.1, -0.05) is 29.5 Å². The molecule has 42 heavy (non-hydrogen) atoms. The third-order valence-corrected chi connectivity index (χ3v) is 8.99. The molecule has 9 nitrogen and oxygen atoms in total. The number of nitrogens with zero attached hydrogens (tertiary/aromatic N) is 6. The highest BCUT2D eigenvalue weighted by Gasteiger charge is 2.29. The smallest absolute Gasteiger partial charge is 0.319 e. The molecule has 220 valence electrons. The summed E-state index contributed by atoms with van der Waals surface area (Å²) in [6.07, 6.45) is 2.00. The Morgan fingerprint density at radius 2 is 1.93 bits per heavy atom. The van der Waals surface area contributed by atoms with E-state index in [2.05, 4.69) is 26.4 Å². The number of likely N-dealkylation sites (tertiary alicyclic amines) is 1. The van der Waals surface area contributed by atoms with Crippen molar-refractivity contribution < 1.29 is 22.7 Å². The van der Waals surface area contributed by atoms with Crippen LogP contribution in [0.15, 0.2) is 30.6 Å². The molecule has 1 amide bonds. The summed E-state index contributed by atoms with van der Waals surface area (Å²) in [5.74, 6) is -2.69. The minimum absolute atomic E-state index is 0.00228. The van der Waals surface area contributed by atoms with Crippen LogP contribution < -0.4 is 15.4 Å². The maximum Gasteiger partial charge on any atom is 0.319 e. The Morgan fingerprint density at radius 3 is 2.62 bits per heavy atom. The average Bonchev–Trinajstić information content (AvgIpc) is 3.57. The van der Waals surface area contributed by atoms with Gasteiger partial charge in [-0.25, -0.2) is 18.2 Å². The maximum atomic E-state index is 16.5. The monoisotopic (exact) mass is 617 g/mol. The topological polar surface area (TPSA) is 101 Å². The largest absolute Gasteiger partial charge is 0.462 e. The maximum absolute atomic E-state index is 16.5. The van der Waals surface area contributed by atoms with E-state index in [1.165, 1.54) is 17.0 Å². The number of likely N-dealkylation sites (N-methyl/N-ethyl adjacent to an activating group) is 1. The Bertz CT molecular complexity index is 1730. The summed E-state index contributed by atoms with van der Waals surface area (Å²) in [5, 5.41) is 0.519. The number of nitrogens with two attached hydrogens (primary N) is 1. The molecule has 2 saturated heterocycles. The van der Waals surface area contributed by atoms with Crippen LogP contribution in [0, 0.1) is 11.6 Å². The van der Waals surface area contributed by atoms with E-state index in [1.807, 2.05) is 11.9 Å². The van der Waals surface area contributed by atoms with E-state index < -0.39 is 23.4 Å². The van der Waals surface area contributed by atoms with Crippen molar-refractivity contribution in [3.63, 3.8) is 0 Å². The summed E-state index contributed by atoms with van der Waals surface area (Å²) < 4.78 is 50.7. The van der Waals surface area contributed by atoms with Gasteiger partial charge < -0.3 is 25.2 Å². The van der Waals surface area contributed by atoms with Gasteiger partial charge in [-0.3, -0.25) is 4.79 Å². The summed E-state index contributed by atoms with van der Waals surface area (Å²) >= 11 is 7.66. The molecule has 1 atom stereocenters. The van der Waals surface area contributed by atoms with E-state index in [0.717, 1.165) is 30.7 Å². The van der Waals surface area contributed by atoms with Gasteiger partial charge in [0, 0.05) is 48.7 Å². The zero-order chi connectivity index (χ0) is 29.7. The van der Waals surface area contributed by atoms with Gasteiger partial charge in [0.1, 0.15) is 23.8 Å². The highest BCUT2D eigenvalue weighted by molar-refractivity contribution is 7.22. The predicted molar refractivity (Wildman–Crippen MR) is 158 cm³/mol. The first-order valence-corrected chi connectivity index (χ1v) is 14.6. The Labute approximate surface area is 248 Å². The van der Waals surface area contributed by atoms with Crippen molar-refractivity contribution in [3.05, 3.63) is 47.3 Å². The minimum atomic E-state index is -1.03. The Morgan fingerprint density at radius 1 is 1.17 bits per heavy atom. The Kier molecular flexibility index (Phi) is 7.58. The number of thiazole rings is 1. The van der Waals surface area contributed by atoms with Gasteiger partial charge in [0.2, 0.25) is 0 Å². The van der Waals surface area contributed by atoms with E-state index >= 15 is 4.39 Å². The van der Waals surface area contributed by atoms with Crippen molar-refractivity contribution in [2.45, 2.75) is 18.9 Å². The lowest BCUT2D eigenvalue weighted by molar-refractivity contribution is -0.128. The summed E-state index contributed by atoms with van der Waals surface area (Å²) in [5.41, 5.74) is 6.29. The molecule has 6 rings (SSSR count). The van der Waals surface area contributed by atoms with E-state index in [9.17, 15) is 13.6 Å². The lowest BCUT2D eigenvalue weighted by atomic mass is 10.0. The van der Waals surface area contributed by atoms with Crippen molar-refractivity contribution in [2.24, 2.45) is 0 Å². The first kappa shape index (κ1) is 28.4. The molecule has 2 aromatic heterocycles. The molecule has 4 heterocycles. The number of amides is 1. The zero-order valence-electron chi connectivity index (χ0n) is 22.7. The fraction of sp³-hybridized carbons (Fsp3) is 0.357. The quantitative estimate of drug-likeness (QED) is 0.301. The van der Waals surface area contributed by atoms with Crippen LogP contribution in [0.4, 0.5) is 24.1 Å². The molecule has 2 aromatic carbocycles. The van der Waals surface area contributed by atoms with Crippen LogP contribution in [-0.4, -0.2) is 83.1 Å². The Balaban J connectivity index is 1.45. The highest BCUT2D eigenvalue weighted by Crippen LogP contribution is 2.42. The van der Waals surface area contributed by atoms with E-state index in [0.29, 0.717) is 30.9 Å². The number of anilines is 2. The SMILES string of the molecule is C=C(F)C(=O)N1CCN(c2nc(OCC3CCCN3C)nc3c(F)c(-c4ccc(F)c5sc(N)nc45)c(Cl)cc23)CC1. The van der Waals surface area contributed by atoms with E-state index in [1.54, 1.807) is 6.07 Å². The van der Waals surface area contributed by atoms with Crippen LogP contribution in [0.3, 0.4) is 0 Å². The van der Waals surface area contributed by atoms with Crippen LogP contribution in [0.25, 0.3) is 32.2 Å². The predicted octanol–water partition coefficient (Wildman–Crippen LogP) is 5.03. The third-order valence-electron chi connectivity index (χ3n) is 7.80. The van der Waals surface area contributed by atoms with Crippen LogP contribution in [0.2, 0.25) is 5.02 Å². The minimum Gasteiger partial charge on any atom is -0.462 e. The third kappa shape index (κ3) is 5.09. The number of halogens is 4. The molecule has 0 spiro atoms. The first-order chi connectivity index (χ1) is 20.1. The standard InChI is InChI=1S/C28H27ClF3N7O2S/c1-14(30)26(40)39-10-8-38(9-11-39)25-17-12-18(29)20(16-5-6-19(31)24-23(16)34-27(33)42-24)21(32)22(17)35-28(36-25)41-13-15-4-3-7-37(15)2/h5-6,12,15H,1,3-4,7-11,13H2,2H3,(H2,33,34). The van der Waals surface area contributed by atoms with Crippen LogP contribution in [0.5, 0.6) is 6.01 Å². The fourth-order valence-electron chi connectivity index (χ4n) is 5.56. The number of benzene rings is 2. The lowest BCUT2D eigenvalue weighted by Gasteiger charge is -2.35. The van der Waals surface area contributed by atoms with Crippen molar-refractivity contribution in [3.8, 4) is 17.1 Å². The molecule has 0 aliphatic carbocycles. The van der Waals surface area contributed by atoms with Gasteiger partial charge in [0.25, 0.3) is 5.91 Å². The molecule has 2 fully saturated rings. The van der Waals surface area contributed by atoms with Crippen molar-refractivity contribution >= 4 is 60.9 Å². The van der Waals surface area contributed by atoms with Gasteiger partial charge in [-0.2, -0.15) is 9.97 Å². The molecular formula is C28H27ClF3N7O2S. The molecule has 2 aliphatic heterocycles. The molecule has 14 heteroatoms. The second-order valence-corrected chi connectivity index (χ2v) is 11.8. The van der Waals surface area contributed by atoms with Gasteiger partial charge in [-0.05, 0) is 44.6 Å². The number of nitrogen functional groups attached to an aromatic ring is 1. The number of fused-ring (bicyclic) bond motifs is 2. The summed E-state index contributed by atoms with van der Waals surface area (Å²) in [6, 6.07) is 4.36. The number of hydrogen-bond donors (Lipinski definition) is 1. The van der Waals surface area contributed by atoms with Crippen LogP contribution in [-0.2, 0) is 4.79 Å². The van der Waals surface area contributed by atoms with Crippen molar-refractivity contribution in [2.75, 3.05) is 57.0 Å². The molecule has 0 bridgehead atoms. The number of carbonyl (C=O) groups is 1. The Hall–Kier alpha value is -3.68. The molecule has 4 aromatic rings.